The number of aromatic nitrogens is 2. The second-order valence-electron chi connectivity index (χ2n) is 4.64. The molecule has 2 aromatic rings. The van der Waals surface area contributed by atoms with Gasteiger partial charge in [0.25, 0.3) is 0 Å². The van der Waals surface area contributed by atoms with Gasteiger partial charge >= 0.3 is 0 Å². The van der Waals surface area contributed by atoms with Crippen LogP contribution in [-0.2, 0) is 17.9 Å². The highest BCUT2D eigenvalue weighted by atomic mass is 32.2. The van der Waals surface area contributed by atoms with Gasteiger partial charge in [-0.3, -0.25) is 4.79 Å². The fraction of sp³-hybridized carbons (Fsp3) is 0.333. The first kappa shape index (κ1) is 15.6. The summed E-state index contributed by atoms with van der Waals surface area (Å²) in [6, 6.07) is 4.84. The van der Waals surface area contributed by atoms with Gasteiger partial charge in [-0.1, -0.05) is 23.9 Å². The van der Waals surface area contributed by atoms with Crippen molar-refractivity contribution in [1.82, 2.24) is 14.9 Å². The predicted molar refractivity (Wildman–Crippen MR) is 81.6 cm³/mol. The first-order valence-corrected chi connectivity index (χ1v) is 7.74. The quantitative estimate of drug-likeness (QED) is 0.835. The second-order valence-corrected chi connectivity index (χ2v) is 5.59. The number of carbonyl (C=O) groups is 1. The van der Waals surface area contributed by atoms with E-state index < -0.39 is 0 Å². The van der Waals surface area contributed by atoms with E-state index in [2.05, 4.69) is 10.3 Å². The first-order valence-electron chi connectivity index (χ1n) is 6.75. The predicted octanol–water partition coefficient (Wildman–Crippen LogP) is 2.76. The molecule has 0 saturated carbocycles. The number of amides is 1. The van der Waals surface area contributed by atoms with Crippen LogP contribution in [0.2, 0.25) is 0 Å². The van der Waals surface area contributed by atoms with Crippen LogP contribution >= 0.6 is 11.8 Å². The highest BCUT2D eigenvalue weighted by molar-refractivity contribution is 7.99. The Bertz CT molecular complexity index is 627. The second kappa shape index (κ2) is 7.26. The highest BCUT2D eigenvalue weighted by Gasteiger charge is 2.07. The van der Waals surface area contributed by atoms with Gasteiger partial charge in [-0.25, -0.2) is 9.37 Å². The Morgan fingerprint density at radius 2 is 2.29 bits per heavy atom. The van der Waals surface area contributed by atoms with E-state index in [0.717, 1.165) is 17.3 Å². The largest absolute Gasteiger partial charge is 0.351 e. The number of thioether (sulfide) groups is 1. The van der Waals surface area contributed by atoms with Crippen LogP contribution in [0.4, 0.5) is 4.39 Å². The summed E-state index contributed by atoms with van der Waals surface area (Å²) in [5, 5.41) is 3.66. The molecular formula is C15H18FN3OS. The average Bonchev–Trinajstić information content (AvgIpc) is 2.94. The lowest BCUT2D eigenvalue weighted by Crippen LogP contribution is -2.24. The molecule has 0 spiro atoms. The topological polar surface area (TPSA) is 46.9 Å². The minimum absolute atomic E-state index is 0.0624. The normalized spacial score (nSPS) is 10.6. The number of aryl methyl sites for hydroxylation is 2. The van der Waals surface area contributed by atoms with Gasteiger partial charge in [-0.2, -0.15) is 0 Å². The third kappa shape index (κ3) is 4.32. The van der Waals surface area contributed by atoms with Crippen LogP contribution < -0.4 is 5.32 Å². The van der Waals surface area contributed by atoms with E-state index in [0.29, 0.717) is 17.9 Å². The Hall–Kier alpha value is -1.82. The SMILES string of the molecule is CCn1ccnc1SCC(=O)NCc1ccc(F)c(C)c1. The van der Waals surface area contributed by atoms with E-state index in [1.165, 1.54) is 17.8 Å². The molecule has 1 heterocycles. The number of nitrogens with one attached hydrogen (secondary N) is 1. The Balaban J connectivity index is 1.81. The average molecular weight is 307 g/mol. The Morgan fingerprint density at radius 1 is 1.48 bits per heavy atom. The van der Waals surface area contributed by atoms with Crippen molar-refractivity contribution < 1.29 is 9.18 Å². The summed E-state index contributed by atoms with van der Waals surface area (Å²) < 4.78 is 15.1. The van der Waals surface area contributed by atoms with Crippen molar-refractivity contribution in [3.63, 3.8) is 0 Å². The van der Waals surface area contributed by atoms with Crippen LogP contribution in [0.15, 0.2) is 35.7 Å². The monoisotopic (exact) mass is 307 g/mol. The van der Waals surface area contributed by atoms with Gasteiger partial charge in [0.1, 0.15) is 5.82 Å². The Labute approximate surface area is 127 Å². The van der Waals surface area contributed by atoms with Crippen molar-refractivity contribution in [2.24, 2.45) is 0 Å². The zero-order chi connectivity index (χ0) is 15.2. The van der Waals surface area contributed by atoms with Gasteiger partial charge in [0.15, 0.2) is 5.16 Å². The Morgan fingerprint density at radius 3 is 3.00 bits per heavy atom. The molecule has 0 aliphatic rings. The molecule has 0 aliphatic carbocycles. The van der Waals surface area contributed by atoms with E-state index in [1.807, 2.05) is 17.7 Å². The molecule has 6 heteroatoms. The van der Waals surface area contributed by atoms with Gasteiger partial charge < -0.3 is 9.88 Å². The number of hydrogen-bond acceptors (Lipinski definition) is 3. The van der Waals surface area contributed by atoms with Crippen molar-refractivity contribution in [3.8, 4) is 0 Å². The maximum Gasteiger partial charge on any atom is 0.230 e. The van der Waals surface area contributed by atoms with E-state index in [4.69, 9.17) is 0 Å². The first-order chi connectivity index (χ1) is 10.1. The standard InChI is InChI=1S/C15H18FN3OS/c1-3-19-7-6-17-15(19)21-10-14(20)18-9-12-4-5-13(16)11(2)8-12/h4-8H,3,9-10H2,1-2H3,(H,18,20). The number of carbonyl (C=O) groups excluding carboxylic acids is 1. The summed E-state index contributed by atoms with van der Waals surface area (Å²) in [6.07, 6.45) is 3.62. The smallest absolute Gasteiger partial charge is 0.230 e. The van der Waals surface area contributed by atoms with Crippen molar-refractivity contribution in [1.29, 1.82) is 0 Å². The third-order valence-electron chi connectivity index (χ3n) is 3.06. The van der Waals surface area contributed by atoms with Gasteiger partial charge in [-0.15, -0.1) is 0 Å². The van der Waals surface area contributed by atoms with Crippen LogP contribution in [0, 0.1) is 12.7 Å². The third-order valence-corrected chi connectivity index (χ3v) is 4.07. The number of halogens is 1. The van der Waals surface area contributed by atoms with Crippen molar-refractivity contribution in [2.75, 3.05) is 5.75 Å². The van der Waals surface area contributed by atoms with Crippen molar-refractivity contribution in [2.45, 2.75) is 32.1 Å². The van der Waals surface area contributed by atoms with E-state index in [9.17, 15) is 9.18 Å². The number of nitrogens with zero attached hydrogens (tertiary/aromatic N) is 2. The summed E-state index contributed by atoms with van der Waals surface area (Å²) in [5.41, 5.74) is 1.48. The van der Waals surface area contributed by atoms with Crippen LogP contribution in [0.25, 0.3) is 0 Å². The molecule has 0 fully saturated rings. The molecule has 0 aliphatic heterocycles. The van der Waals surface area contributed by atoms with Gasteiger partial charge in [-0.05, 0) is 31.0 Å². The summed E-state index contributed by atoms with van der Waals surface area (Å²) in [5.74, 6) is 0.0247. The van der Waals surface area contributed by atoms with Gasteiger partial charge in [0.2, 0.25) is 5.91 Å². The molecule has 0 bridgehead atoms. The zero-order valence-corrected chi connectivity index (χ0v) is 12.9. The number of hydrogen-bond donors (Lipinski definition) is 1. The molecule has 2 rings (SSSR count). The zero-order valence-electron chi connectivity index (χ0n) is 12.1. The number of benzene rings is 1. The fourth-order valence-corrected chi connectivity index (χ4v) is 2.73. The van der Waals surface area contributed by atoms with E-state index >= 15 is 0 Å². The molecule has 112 valence electrons. The lowest BCUT2D eigenvalue weighted by Gasteiger charge is -2.07. The molecule has 1 aromatic carbocycles. The molecular weight excluding hydrogens is 289 g/mol. The molecule has 0 radical (unpaired) electrons. The molecule has 0 saturated heterocycles. The number of imidazole rings is 1. The molecule has 1 aromatic heterocycles. The number of rotatable bonds is 6. The minimum Gasteiger partial charge on any atom is -0.351 e. The Kier molecular flexibility index (Phi) is 5.38. The molecule has 0 atom stereocenters. The molecule has 1 N–H and O–H groups in total. The summed E-state index contributed by atoms with van der Waals surface area (Å²) in [6.45, 7) is 4.98. The minimum atomic E-state index is -0.230. The van der Waals surface area contributed by atoms with Crippen LogP contribution in [0.1, 0.15) is 18.1 Å². The summed E-state index contributed by atoms with van der Waals surface area (Å²) >= 11 is 1.41. The maximum atomic E-state index is 13.1. The van der Waals surface area contributed by atoms with Gasteiger partial charge in [0.05, 0.1) is 5.75 Å². The molecule has 1 amide bonds. The van der Waals surface area contributed by atoms with E-state index in [1.54, 1.807) is 25.3 Å². The molecule has 0 unspecified atom stereocenters. The maximum absolute atomic E-state index is 13.1. The molecule has 4 nitrogen and oxygen atoms in total. The van der Waals surface area contributed by atoms with Crippen molar-refractivity contribution in [3.05, 3.63) is 47.5 Å². The summed E-state index contributed by atoms with van der Waals surface area (Å²) in [4.78, 5) is 16.0. The lowest BCUT2D eigenvalue weighted by atomic mass is 10.1. The van der Waals surface area contributed by atoms with Crippen LogP contribution in [0.5, 0.6) is 0 Å². The molecule has 21 heavy (non-hydrogen) atoms. The van der Waals surface area contributed by atoms with Crippen LogP contribution in [-0.4, -0.2) is 21.2 Å². The van der Waals surface area contributed by atoms with E-state index in [-0.39, 0.29) is 11.7 Å². The fourth-order valence-electron chi connectivity index (χ4n) is 1.87. The van der Waals surface area contributed by atoms with Crippen molar-refractivity contribution >= 4 is 17.7 Å². The lowest BCUT2D eigenvalue weighted by molar-refractivity contribution is -0.118. The highest BCUT2D eigenvalue weighted by Crippen LogP contribution is 2.15. The summed E-state index contributed by atoms with van der Waals surface area (Å²) in [7, 11) is 0. The van der Waals surface area contributed by atoms with Gasteiger partial charge in [0, 0.05) is 25.5 Å². The van der Waals surface area contributed by atoms with Crippen LogP contribution in [0.3, 0.4) is 0 Å².